The van der Waals surface area contributed by atoms with Crippen LogP contribution >= 0.6 is 0 Å². The molecule has 146 valence electrons. The molecule has 0 aromatic heterocycles. The van der Waals surface area contributed by atoms with E-state index in [0.29, 0.717) is 17.6 Å². The number of ether oxygens (including phenoxy) is 2. The van der Waals surface area contributed by atoms with Gasteiger partial charge in [-0.25, -0.2) is 0 Å². The number of methoxy groups -OCH3 is 1. The zero-order valence-corrected chi connectivity index (χ0v) is 16.7. The average Bonchev–Trinajstić information content (AvgIpc) is 2.69. The van der Waals surface area contributed by atoms with Gasteiger partial charge in [0.1, 0.15) is 11.5 Å². The minimum Gasteiger partial charge on any atom is -0.497 e. The summed E-state index contributed by atoms with van der Waals surface area (Å²) in [5, 5.41) is 0. The molecule has 4 aliphatic carbocycles. The summed E-state index contributed by atoms with van der Waals surface area (Å²) in [5.41, 5.74) is 2.86. The lowest BCUT2D eigenvalue weighted by Crippen LogP contribution is -2.56. The van der Waals surface area contributed by atoms with Crippen LogP contribution in [-0.2, 0) is 10.2 Å². The Morgan fingerprint density at radius 3 is 1.68 bits per heavy atom. The lowest BCUT2D eigenvalue weighted by Gasteiger charge is -2.62. The lowest BCUT2D eigenvalue weighted by atomic mass is 9.42. The average molecular weight is 376 g/mol. The molecule has 3 nitrogen and oxygen atoms in total. The van der Waals surface area contributed by atoms with E-state index in [0.717, 1.165) is 17.6 Å². The normalized spacial score (nSPS) is 32.9. The number of carbonyl (C=O) groups is 1. The number of rotatable bonds is 4. The van der Waals surface area contributed by atoms with Gasteiger partial charge >= 0.3 is 5.97 Å². The molecule has 0 aliphatic heterocycles. The Labute approximate surface area is 167 Å². The third kappa shape index (κ3) is 2.67. The summed E-state index contributed by atoms with van der Waals surface area (Å²) >= 11 is 0. The van der Waals surface area contributed by atoms with Crippen LogP contribution in [0.3, 0.4) is 0 Å². The molecular formula is C25H28O3. The summed E-state index contributed by atoms with van der Waals surface area (Å²) in [6.45, 7) is 1.45. The molecule has 0 N–H and O–H groups in total. The van der Waals surface area contributed by atoms with Crippen molar-refractivity contribution in [2.75, 3.05) is 7.11 Å². The first-order valence-electron chi connectivity index (χ1n) is 10.5. The molecule has 4 bridgehead atoms. The summed E-state index contributed by atoms with van der Waals surface area (Å²) in [6.07, 6.45) is 6.79. The van der Waals surface area contributed by atoms with Gasteiger partial charge in [-0.2, -0.15) is 0 Å². The van der Waals surface area contributed by atoms with Gasteiger partial charge in [-0.15, -0.1) is 0 Å². The lowest BCUT2D eigenvalue weighted by molar-refractivity contribution is -0.131. The van der Waals surface area contributed by atoms with E-state index in [1.54, 1.807) is 7.11 Å². The van der Waals surface area contributed by atoms with Crippen LogP contribution in [0.2, 0.25) is 0 Å². The zero-order chi connectivity index (χ0) is 19.3. The van der Waals surface area contributed by atoms with Gasteiger partial charge in [0, 0.05) is 12.3 Å². The second-order valence-electron chi connectivity index (χ2n) is 9.02. The topological polar surface area (TPSA) is 35.5 Å². The molecule has 4 saturated carbocycles. The van der Waals surface area contributed by atoms with Crippen molar-refractivity contribution >= 4 is 5.97 Å². The van der Waals surface area contributed by atoms with E-state index in [9.17, 15) is 4.79 Å². The Balaban J connectivity index is 1.62. The third-order valence-corrected chi connectivity index (χ3v) is 7.59. The van der Waals surface area contributed by atoms with Crippen LogP contribution in [0, 0.1) is 23.7 Å². The molecule has 4 fully saturated rings. The molecule has 6 rings (SSSR count). The molecule has 0 spiro atoms. The maximum absolute atomic E-state index is 11.3. The summed E-state index contributed by atoms with van der Waals surface area (Å²) in [6, 6.07) is 17.1. The molecule has 2 aromatic rings. The number of carbonyl (C=O) groups excluding carboxylic acids is 1. The maximum Gasteiger partial charge on any atom is 0.308 e. The molecule has 28 heavy (non-hydrogen) atoms. The highest BCUT2D eigenvalue weighted by Crippen LogP contribution is 2.65. The zero-order valence-electron chi connectivity index (χ0n) is 16.7. The van der Waals surface area contributed by atoms with Crippen molar-refractivity contribution in [2.24, 2.45) is 23.7 Å². The van der Waals surface area contributed by atoms with Crippen LogP contribution in [0.25, 0.3) is 0 Å². The number of hydrogen-bond acceptors (Lipinski definition) is 3. The van der Waals surface area contributed by atoms with E-state index in [-0.39, 0.29) is 11.4 Å². The molecule has 0 unspecified atom stereocenters. The van der Waals surface area contributed by atoms with Gasteiger partial charge in [0.25, 0.3) is 0 Å². The smallest absolute Gasteiger partial charge is 0.308 e. The third-order valence-electron chi connectivity index (χ3n) is 7.59. The first-order chi connectivity index (χ1) is 13.6. The molecule has 2 aromatic carbocycles. The van der Waals surface area contributed by atoms with Crippen molar-refractivity contribution < 1.29 is 14.3 Å². The van der Waals surface area contributed by atoms with Gasteiger partial charge in [0.15, 0.2) is 0 Å². The number of hydrogen-bond donors (Lipinski definition) is 0. The van der Waals surface area contributed by atoms with E-state index in [1.807, 2.05) is 12.1 Å². The fourth-order valence-electron chi connectivity index (χ4n) is 6.87. The molecule has 0 atom stereocenters. The fraction of sp³-hybridized carbons (Fsp3) is 0.480. The minimum absolute atomic E-state index is 0.0639. The summed E-state index contributed by atoms with van der Waals surface area (Å²) < 4.78 is 10.7. The van der Waals surface area contributed by atoms with E-state index >= 15 is 0 Å². The van der Waals surface area contributed by atoms with E-state index in [4.69, 9.17) is 9.47 Å². The predicted molar refractivity (Wildman–Crippen MR) is 109 cm³/mol. The summed E-state index contributed by atoms with van der Waals surface area (Å²) in [4.78, 5) is 11.3. The SMILES string of the molecule is COc1ccc(C2(c3ccc(OC(C)=O)cc3)C3CC4CC(C3)CC2C4)cc1. The van der Waals surface area contributed by atoms with Crippen LogP contribution < -0.4 is 9.47 Å². The quantitative estimate of drug-likeness (QED) is 0.532. The molecule has 0 heterocycles. The Kier molecular flexibility index (Phi) is 4.22. The molecular weight excluding hydrogens is 348 g/mol. The van der Waals surface area contributed by atoms with Crippen LogP contribution in [0.5, 0.6) is 11.5 Å². The van der Waals surface area contributed by atoms with Gasteiger partial charge in [-0.3, -0.25) is 4.79 Å². The van der Waals surface area contributed by atoms with Crippen LogP contribution in [-0.4, -0.2) is 13.1 Å². The molecule has 3 heteroatoms. The predicted octanol–water partition coefficient (Wildman–Crippen LogP) is 5.36. The highest BCUT2D eigenvalue weighted by atomic mass is 16.5. The van der Waals surface area contributed by atoms with E-state index in [2.05, 4.69) is 36.4 Å². The molecule has 4 aliphatic rings. The standard InChI is InChI=1S/C25H28O3/c1-16(26)28-24-9-5-20(6-10-24)25(19-3-7-23(27-2)8-4-19)21-12-17-11-18(14-21)15-22(25)13-17/h3-10,17-18,21-22H,11-15H2,1-2H3. The second-order valence-corrected chi connectivity index (χ2v) is 9.02. The van der Waals surface area contributed by atoms with Crippen LogP contribution in [0.4, 0.5) is 0 Å². The first-order valence-corrected chi connectivity index (χ1v) is 10.5. The first kappa shape index (κ1) is 17.8. The van der Waals surface area contributed by atoms with Crippen LogP contribution in [0.1, 0.15) is 50.2 Å². The van der Waals surface area contributed by atoms with E-state index in [1.165, 1.54) is 50.2 Å². The van der Waals surface area contributed by atoms with Crippen LogP contribution in [0.15, 0.2) is 48.5 Å². The van der Waals surface area contributed by atoms with Crippen molar-refractivity contribution in [3.63, 3.8) is 0 Å². The fourth-order valence-corrected chi connectivity index (χ4v) is 6.87. The largest absolute Gasteiger partial charge is 0.497 e. The Bertz CT molecular complexity index is 838. The Morgan fingerprint density at radius 2 is 1.25 bits per heavy atom. The van der Waals surface area contributed by atoms with Gasteiger partial charge in [0.2, 0.25) is 0 Å². The Morgan fingerprint density at radius 1 is 0.786 bits per heavy atom. The number of esters is 1. The summed E-state index contributed by atoms with van der Waals surface area (Å²) in [5.74, 6) is 4.47. The number of benzene rings is 2. The molecule has 0 radical (unpaired) electrons. The van der Waals surface area contributed by atoms with E-state index < -0.39 is 0 Å². The molecule has 0 saturated heterocycles. The van der Waals surface area contributed by atoms with Crippen molar-refractivity contribution in [2.45, 2.75) is 44.4 Å². The monoisotopic (exact) mass is 376 g/mol. The molecule has 0 amide bonds. The summed E-state index contributed by atoms with van der Waals surface area (Å²) in [7, 11) is 1.72. The second kappa shape index (κ2) is 6.65. The van der Waals surface area contributed by atoms with Crippen molar-refractivity contribution in [1.82, 2.24) is 0 Å². The van der Waals surface area contributed by atoms with Gasteiger partial charge < -0.3 is 9.47 Å². The highest BCUT2D eigenvalue weighted by Gasteiger charge is 2.58. The van der Waals surface area contributed by atoms with Crippen molar-refractivity contribution in [3.05, 3.63) is 59.7 Å². The van der Waals surface area contributed by atoms with Gasteiger partial charge in [-0.1, -0.05) is 24.3 Å². The Hall–Kier alpha value is -2.29. The highest BCUT2D eigenvalue weighted by molar-refractivity contribution is 5.69. The van der Waals surface area contributed by atoms with Crippen molar-refractivity contribution in [1.29, 1.82) is 0 Å². The minimum atomic E-state index is -0.271. The van der Waals surface area contributed by atoms with Crippen molar-refractivity contribution in [3.8, 4) is 11.5 Å². The van der Waals surface area contributed by atoms with Gasteiger partial charge in [0.05, 0.1) is 7.11 Å². The maximum atomic E-state index is 11.3. The van der Waals surface area contributed by atoms with Gasteiger partial charge in [-0.05, 0) is 91.2 Å².